The highest BCUT2D eigenvalue weighted by Crippen LogP contribution is 2.33. The van der Waals surface area contributed by atoms with Crippen LogP contribution in [-0.2, 0) is 16.1 Å². The predicted octanol–water partition coefficient (Wildman–Crippen LogP) is 5.36. The van der Waals surface area contributed by atoms with Gasteiger partial charge in [-0.15, -0.1) is 0 Å². The molecule has 1 fully saturated rings. The average molecular weight is 478 g/mol. The Labute approximate surface area is 204 Å². The Morgan fingerprint density at radius 1 is 0.943 bits per heavy atom. The quantitative estimate of drug-likeness (QED) is 0.292. The molecule has 0 spiro atoms. The van der Waals surface area contributed by atoms with Crippen molar-refractivity contribution >= 4 is 23.0 Å². The first-order valence-corrected chi connectivity index (χ1v) is 12.0. The maximum absolute atomic E-state index is 12.8. The fourth-order valence-corrected chi connectivity index (χ4v) is 4.53. The molecule has 1 amide bonds. The molecule has 35 heavy (non-hydrogen) atoms. The van der Waals surface area contributed by atoms with Gasteiger partial charge >= 0.3 is 17.7 Å². The van der Waals surface area contributed by atoms with E-state index in [0.717, 1.165) is 29.4 Å². The van der Waals surface area contributed by atoms with E-state index in [9.17, 15) is 14.4 Å². The number of nitrogens with one attached hydrogen (secondary N) is 1. The highest BCUT2D eigenvalue weighted by molar-refractivity contribution is 5.87. The van der Waals surface area contributed by atoms with Crippen LogP contribution >= 0.6 is 0 Å². The maximum Gasteiger partial charge on any atom is 0.407 e. The summed E-state index contributed by atoms with van der Waals surface area (Å²) < 4.78 is 16.5. The van der Waals surface area contributed by atoms with Gasteiger partial charge in [0, 0.05) is 23.1 Å². The number of hydrogen-bond acceptors (Lipinski definition) is 6. The summed E-state index contributed by atoms with van der Waals surface area (Å²) >= 11 is 0. The predicted molar refractivity (Wildman–Crippen MR) is 132 cm³/mol. The Hall–Kier alpha value is -3.61. The van der Waals surface area contributed by atoms with Crippen LogP contribution in [0.5, 0.6) is 5.75 Å². The number of benzene rings is 2. The fourth-order valence-electron chi connectivity index (χ4n) is 4.53. The molecule has 1 saturated carbocycles. The zero-order valence-electron chi connectivity index (χ0n) is 20.4. The highest BCUT2D eigenvalue weighted by Gasteiger charge is 2.28. The second-order valence-electron chi connectivity index (χ2n) is 9.29. The van der Waals surface area contributed by atoms with Crippen molar-refractivity contribution in [3.63, 3.8) is 0 Å². The molecular weight excluding hydrogens is 446 g/mol. The second kappa shape index (κ2) is 10.8. The molecule has 2 aromatic carbocycles. The van der Waals surface area contributed by atoms with E-state index in [4.69, 9.17) is 13.9 Å². The van der Waals surface area contributed by atoms with Gasteiger partial charge in [-0.05, 0) is 75.6 Å². The van der Waals surface area contributed by atoms with Gasteiger partial charge < -0.3 is 19.2 Å². The van der Waals surface area contributed by atoms with E-state index in [0.29, 0.717) is 47.8 Å². The van der Waals surface area contributed by atoms with Crippen LogP contribution in [0.3, 0.4) is 0 Å². The van der Waals surface area contributed by atoms with Crippen molar-refractivity contribution < 1.29 is 23.5 Å². The van der Waals surface area contributed by atoms with Gasteiger partial charge in [0.15, 0.2) is 0 Å². The Bertz CT molecular complexity index is 1270. The fraction of sp³-hybridized carbons (Fsp3) is 0.393. The van der Waals surface area contributed by atoms with E-state index in [-0.39, 0.29) is 24.1 Å². The zero-order valence-corrected chi connectivity index (χ0v) is 20.4. The summed E-state index contributed by atoms with van der Waals surface area (Å²) in [6.07, 6.45) is 2.61. The number of hydrogen-bond donors (Lipinski definition) is 1. The molecule has 0 saturated heterocycles. The largest absolute Gasteiger partial charge is 0.445 e. The van der Waals surface area contributed by atoms with Gasteiger partial charge in [-0.25, -0.2) is 9.59 Å². The molecule has 1 N–H and O–H groups in total. The van der Waals surface area contributed by atoms with Gasteiger partial charge in [0.25, 0.3) is 0 Å². The van der Waals surface area contributed by atoms with Crippen LogP contribution < -0.4 is 15.7 Å². The number of amides is 1. The third-order valence-electron chi connectivity index (χ3n) is 6.96. The molecule has 1 aliphatic rings. The van der Waals surface area contributed by atoms with Gasteiger partial charge in [-0.3, -0.25) is 4.79 Å². The number of ether oxygens (including phenoxy) is 2. The molecule has 1 aromatic heterocycles. The molecule has 7 nitrogen and oxygen atoms in total. The lowest BCUT2D eigenvalue weighted by Gasteiger charge is -2.27. The molecule has 0 unspecified atom stereocenters. The van der Waals surface area contributed by atoms with Crippen molar-refractivity contribution in [2.75, 3.05) is 6.54 Å². The first kappa shape index (κ1) is 24.5. The molecule has 0 bridgehead atoms. The summed E-state index contributed by atoms with van der Waals surface area (Å²) in [5, 5.41) is 3.67. The lowest BCUT2D eigenvalue weighted by atomic mass is 9.82. The van der Waals surface area contributed by atoms with Crippen LogP contribution in [0.4, 0.5) is 4.79 Å². The van der Waals surface area contributed by atoms with E-state index in [1.807, 2.05) is 43.3 Å². The van der Waals surface area contributed by atoms with Crippen molar-refractivity contribution in [1.82, 2.24) is 5.32 Å². The maximum atomic E-state index is 12.8. The van der Waals surface area contributed by atoms with Crippen LogP contribution in [0.25, 0.3) is 11.0 Å². The number of fused-ring (bicyclic) bond motifs is 1. The van der Waals surface area contributed by atoms with E-state index < -0.39 is 6.09 Å². The third-order valence-corrected chi connectivity index (χ3v) is 6.96. The molecular formula is C28H31NO6. The Morgan fingerprint density at radius 2 is 1.66 bits per heavy atom. The first-order chi connectivity index (χ1) is 16.8. The smallest absolute Gasteiger partial charge is 0.407 e. The number of carbonyl (C=O) groups excluding carboxylic acids is 2. The van der Waals surface area contributed by atoms with Crippen LogP contribution in [0, 0.1) is 32.6 Å². The number of alkyl carbamates (subject to hydrolysis) is 1. The van der Waals surface area contributed by atoms with Crippen molar-refractivity contribution in [2.45, 2.75) is 53.1 Å². The Morgan fingerprint density at radius 3 is 2.37 bits per heavy atom. The zero-order chi connectivity index (χ0) is 24.9. The van der Waals surface area contributed by atoms with Gasteiger partial charge in [0.1, 0.15) is 17.9 Å². The number of aryl methyl sites for hydroxylation is 2. The minimum absolute atomic E-state index is 0.196. The minimum Gasteiger partial charge on any atom is -0.445 e. The molecule has 0 radical (unpaired) electrons. The number of carbonyl (C=O) groups is 2. The molecule has 0 aliphatic heterocycles. The average Bonchev–Trinajstić information content (AvgIpc) is 2.87. The van der Waals surface area contributed by atoms with E-state index >= 15 is 0 Å². The van der Waals surface area contributed by atoms with E-state index in [1.54, 1.807) is 19.9 Å². The summed E-state index contributed by atoms with van der Waals surface area (Å²) in [4.78, 5) is 36.9. The summed E-state index contributed by atoms with van der Waals surface area (Å²) in [5.74, 6) is 0.246. The lowest BCUT2D eigenvalue weighted by molar-refractivity contribution is -0.140. The lowest BCUT2D eigenvalue weighted by Crippen LogP contribution is -2.33. The number of esters is 1. The van der Waals surface area contributed by atoms with Crippen LogP contribution in [-0.4, -0.2) is 18.6 Å². The number of rotatable bonds is 6. The molecule has 1 heterocycles. The highest BCUT2D eigenvalue weighted by atomic mass is 16.5. The SMILES string of the molecule is Cc1c(C)c2ccc(OC(=O)C3CCC(CNC(=O)OCc4ccccc4)CC3)c(C)c2oc1=O. The normalized spacial score (nSPS) is 17.7. The van der Waals surface area contributed by atoms with Gasteiger partial charge in [0.05, 0.1) is 5.92 Å². The van der Waals surface area contributed by atoms with Crippen LogP contribution in [0.2, 0.25) is 0 Å². The van der Waals surface area contributed by atoms with Gasteiger partial charge in [0.2, 0.25) is 0 Å². The van der Waals surface area contributed by atoms with Crippen molar-refractivity contribution in [2.24, 2.45) is 11.8 Å². The monoisotopic (exact) mass is 477 g/mol. The standard InChI is InChI=1S/C28H31NO6/c1-17-18(2)26(30)35-25-19(3)24(14-13-23(17)25)34-27(31)22-11-9-20(10-12-22)15-29-28(32)33-16-21-7-5-4-6-8-21/h4-8,13-14,20,22H,9-12,15-16H2,1-3H3,(H,29,32). The van der Waals surface area contributed by atoms with E-state index in [2.05, 4.69) is 5.32 Å². The van der Waals surface area contributed by atoms with E-state index in [1.165, 1.54) is 0 Å². The van der Waals surface area contributed by atoms with Gasteiger partial charge in [-0.1, -0.05) is 30.3 Å². The molecule has 1 aliphatic carbocycles. The Kier molecular flexibility index (Phi) is 7.54. The van der Waals surface area contributed by atoms with Crippen molar-refractivity contribution in [1.29, 1.82) is 0 Å². The van der Waals surface area contributed by atoms with Crippen LogP contribution in [0.15, 0.2) is 51.7 Å². The summed E-state index contributed by atoms with van der Waals surface area (Å²) in [6.45, 7) is 6.18. The first-order valence-electron chi connectivity index (χ1n) is 12.0. The summed E-state index contributed by atoms with van der Waals surface area (Å²) in [7, 11) is 0. The second-order valence-corrected chi connectivity index (χ2v) is 9.29. The summed E-state index contributed by atoms with van der Waals surface area (Å²) in [5.41, 5.74) is 3.11. The summed E-state index contributed by atoms with van der Waals surface area (Å²) in [6, 6.07) is 13.1. The molecule has 184 valence electrons. The van der Waals surface area contributed by atoms with Crippen molar-refractivity contribution in [3.05, 3.63) is 75.1 Å². The molecule has 0 atom stereocenters. The Balaban J connectivity index is 1.27. The van der Waals surface area contributed by atoms with Crippen LogP contribution in [0.1, 0.15) is 47.9 Å². The van der Waals surface area contributed by atoms with Gasteiger partial charge in [-0.2, -0.15) is 0 Å². The topological polar surface area (TPSA) is 94.8 Å². The molecule has 4 rings (SSSR count). The minimum atomic E-state index is -0.431. The molecule has 3 aromatic rings. The molecule has 7 heteroatoms. The van der Waals surface area contributed by atoms with Crippen molar-refractivity contribution in [3.8, 4) is 5.75 Å². The third kappa shape index (κ3) is 5.73.